The number of aliphatic imine (C=N–C) groups is 1. The fraction of sp³-hybridized carbons (Fsp3) is 0.923. The second-order valence-corrected chi connectivity index (χ2v) is 6.78. The Labute approximate surface area is 164 Å². The Kier molecular flexibility index (Phi) is 7.61. The van der Waals surface area contributed by atoms with Gasteiger partial charge in [0.05, 0.1) is 0 Å². The molecular formula is C13H12F13N2O3-. The fourth-order valence-corrected chi connectivity index (χ4v) is 1.64. The minimum absolute atomic E-state index is 0.885. The summed E-state index contributed by atoms with van der Waals surface area (Å²) in [5.74, 6) is -39.5. The summed E-state index contributed by atoms with van der Waals surface area (Å²) in [6.07, 6.45) is -12.2. The fourth-order valence-electron chi connectivity index (χ4n) is 1.64. The first-order valence-electron chi connectivity index (χ1n) is 7.60. The summed E-state index contributed by atoms with van der Waals surface area (Å²) < 4.78 is 168. The molecule has 0 spiro atoms. The maximum atomic E-state index is 13.5. The molecule has 184 valence electrons. The van der Waals surface area contributed by atoms with Crippen LogP contribution in [-0.2, 0) is 0 Å². The van der Waals surface area contributed by atoms with Crippen LogP contribution in [0, 0.1) is 10.1 Å². The monoisotopic (exact) mass is 491 g/mol. The first-order valence-corrected chi connectivity index (χ1v) is 7.60. The number of halogens is 13. The van der Waals surface area contributed by atoms with E-state index in [2.05, 4.69) is 4.99 Å². The molecule has 0 rings (SSSR count). The van der Waals surface area contributed by atoms with E-state index in [1.165, 1.54) is 0 Å². The second-order valence-electron chi connectivity index (χ2n) is 6.78. The van der Waals surface area contributed by atoms with Gasteiger partial charge < -0.3 is 5.11 Å². The van der Waals surface area contributed by atoms with Crippen molar-refractivity contribution in [2.24, 2.45) is 4.99 Å². The summed E-state index contributed by atoms with van der Waals surface area (Å²) >= 11 is 0. The van der Waals surface area contributed by atoms with Gasteiger partial charge in [0.1, 0.15) is 6.54 Å². The Morgan fingerprint density at radius 3 is 1.52 bits per heavy atom. The maximum absolute atomic E-state index is 13.5. The van der Waals surface area contributed by atoms with Crippen LogP contribution in [0.3, 0.4) is 0 Å². The SMILES string of the molecule is CC(C)(CN=C([O-])CCC(F)(F)C(F)(F)C(F)(F)C(F)(F)C(F)(F)C(F)(F)F)[N+](=O)[O-]. The molecule has 0 atom stereocenters. The van der Waals surface area contributed by atoms with Gasteiger partial charge in [0.15, 0.2) is 0 Å². The van der Waals surface area contributed by atoms with Crippen LogP contribution < -0.4 is 5.11 Å². The van der Waals surface area contributed by atoms with Crippen molar-refractivity contribution in [3.05, 3.63) is 10.1 Å². The number of alkyl halides is 13. The van der Waals surface area contributed by atoms with Crippen molar-refractivity contribution in [1.29, 1.82) is 0 Å². The Balaban J connectivity index is 5.81. The zero-order valence-corrected chi connectivity index (χ0v) is 15.2. The van der Waals surface area contributed by atoms with E-state index in [1.54, 1.807) is 0 Å². The van der Waals surface area contributed by atoms with Gasteiger partial charge in [0.25, 0.3) is 0 Å². The lowest BCUT2D eigenvalue weighted by atomic mass is 9.92. The highest BCUT2D eigenvalue weighted by Gasteiger charge is 2.90. The summed E-state index contributed by atoms with van der Waals surface area (Å²) in [4.78, 5) is 12.4. The minimum atomic E-state index is -8.02. The lowest BCUT2D eigenvalue weighted by Crippen LogP contribution is -2.70. The molecule has 0 radical (unpaired) electrons. The quantitative estimate of drug-likeness (QED) is 0.150. The van der Waals surface area contributed by atoms with E-state index in [-0.39, 0.29) is 0 Å². The van der Waals surface area contributed by atoms with Gasteiger partial charge in [-0.1, -0.05) is 0 Å². The number of hydrogen-bond donors (Lipinski definition) is 0. The zero-order valence-electron chi connectivity index (χ0n) is 15.2. The highest BCUT2D eigenvalue weighted by molar-refractivity contribution is 5.71. The predicted molar refractivity (Wildman–Crippen MR) is 73.4 cm³/mol. The molecule has 0 saturated carbocycles. The molecule has 0 amide bonds. The molecule has 0 aliphatic heterocycles. The number of nitro groups is 1. The second kappa shape index (κ2) is 8.14. The largest absolute Gasteiger partial charge is 0.862 e. The van der Waals surface area contributed by atoms with Gasteiger partial charge in [-0.2, -0.15) is 57.1 Å². The molecule has 0 heterocycles. The Hall–Kier alpha value is -2.04. The van der Waals surface area contributed by atoms with Crippen molar-refractivity contribution in [3.8, 4) is 0 Å². The van der Waals surface area contributed by atoms with E-state index in [1.807, 2.05) is 0 Å². The Bertz CT molecular complexity index is 701. The van der Waals surface area contributed by atoms with E-state index >= 15 is 0 Å². The van der Waals surface area contributed by atoms with Crippen LogP contribution in [0.2, 0.25) is 0 Å². The van der Waals surface area contributed by atoms with Crippen LogP contribution in [0.1, 0.15) is 26.7 Å². The van der Waals surface area contributed by atoms with Gasteiger partial charge in [-0.3, -0.25) is 15.1 Å². The van der Waals surface area contributed by atoms with Crippen LogP contribution in [0.5, 0.6) is 0 Å². The Morgan fingerprint density at radius 1 is 0.774 bits per heavy atom. The van der Waals surface area contributed by atoms with Gasteiger partial charge in [-0.25, -0.2) is 0 Å². The van der Waals surface area contributed by atoms with E-state index in [9.17, 15) is 72.3 Å². The summed E-state index contributed by atoms with van der Waals surface area (Å²) in [5.41, 5.74) is -1.96. The summed E-state index contributed by atoms with van der Waals surface area (Å²) in [7, 11) is 0. The third kappa shape index (κ3) is 5.07. The molecule has 0 bridgehead atoms. The minimum Gasteiger partial charge on any atom is -0.862 e. The van der Waals surface area contributed by atoms with Gasteiger partial charge in [-0.05, 0) is 12.3 Å². The molecule has 0 fully saturated rings. The number of rotatable bonds is 10. The normalized spacial score (nSPS) is 15.9. The average molecular weight is 491 g/mol. The lowest BCUT2D eigenvalue weighted by molar-refractivity contribution is -0.556. The van der Waals surface area contributed by atoms with Gasteiger partial charge >= 0.3 is 35.8 Å². The topological polar surface area (TPSA) is 78.6 Å². The lowest BCUT2D eigenvalue weighted by Gasteiger charge is -2.39. The van der Waals surface area contributed by atoms with Gasteiger partial charge in [0, 0.05) is 25.2 Å². The third-order valence-corrected chi connectivity index (χ3v) is 3.79. The van der Waals surface area contributed by atoms with Crippen molar-refractivity contribution in [3.63, 3.8) is 0 Å². The van der Waals surface area contributed by atoms with Crippen molar-refractivity contribution < 1.29 is 67.1 Å². The van der Waals surface area contributed by atoms with E-state index < -0.39 is 71.5 Å². The number of nitrogens with zero attached hydrogens (tertiary/aromatic N) is 2. The van der Waals surface area contributed by atoms with Crippen LogP contribution >= 0.6 is 0 Å². The molecule has 5 nitrogen and oxygen atoms in total. The van der Waals surface area contributed by atoms with Crippen molar-refractivity contribution >= 4 is 5.90 Å². The van der Waals surface area contributed by atoms with Crippen LogP contribution in [0.4, 0.5) is 57.1 Å². The molecule has 0 aromatic heterocycles. The average Bonchev–Trinajstić information content (AvgIpc) is 2.56. The molecule has 0 N–H and O–H groups in total. The maximum Gasteiger partial charge on any atom is 0.460 e. The molecule has 0 saturated heterocycles. The summed E-state index contributed by atoms with van der Waals surface area (Å²) in [6, 6.07) is 0. The van der Waals surface area contributed by atoms with E-state index in [0.29, 0.717) is 0 Å². The van der Waals surface area contributed by atoms with Gasteiger partial charge in [0.2, 0.25) is 5.54 Å². The zero-order chi connectivity index (χ0) is 25.5. The van der Waals surface area contributed by atoms with Gasteiger partial charge in [-0.15, -0.1) is 0 Å². The molecular weight excluding hydrogens is 479 g/mol. The number of hydrogen-bond acceptors (Lipinski definition) is 4. The van der Waals surface area contributed by atoms with Crippen LogP contribution in [0.25, 0.3) is 0 Å². The highest BCUT2D eigenvalue weighted by atomic mass is 19.4. The molecule has 0 unspecified atom stereocenters. The molecule has 0 aliphatic carbocycles. The Morgan fingerprint density at radius 2 is 1.16 bits per heavy atom. The van der Waals surface area contributed by atoms with E-state index in [4.69, 9.17) is 0 Å². The summed E-state index contributed by atoms with van der Waals surface area (Å²) in [5, 5.41) is 21.8. The van der Waals surface area contributed by atoms with Crippen molar-refractivity contribution in [1.82, 2.24) is 0 Å². The summed E-state index contributed by atoms with van der Waals surface area (Å²) in [6.45, 7) is 0.763. The molecule has 0 aromatic rings. The van der Waals surface area contributed by atoms with E-state index in [0.717, 1.165) is 13.8 Å². The molecule has 18 heteroatoms. The third-order valence-electron chi connectivity index (χ3n) is 3.79. The smallest absolute Gasteiger partial charge is 0.460 e. The highest BCUT2D eigenvalue weighted by Crippen LogP contribution is 2.60. The molecule has 0 aliphatic rings. The van der Waals surface area contributed by atoms with Crippen molar-refractivity contribution in [2.75, 3.05) is 6.54 Å². The molecule has 0 aromatic carbocycles. The molecule has 31 heavy (non-hydrogen) atoms. The predicted octanol–water partition coefficient (Wildman–Crippen LogP) is 4.32. The first kappa shape index (κ1) is 29.0. The first-order chi connectivity index (χ1) is 13.3. The standard InChI is InChI=1S/C13H13F13N2O3/c1-7(2,28(30)31)5-27-6(29)3-4-8(14,15)9(16,17)10(18,19)11(20,21)12(22,23)13(24,25)26/h3-5H2,1-2H3,(H,27,29)/p-1. The van der Waals surface area contributed by atoms with Crippen LogP contribution in [-0.4, -0.2) is 58.7 Å². The van der Waals surface area contributed by atoms with Crippen LogP contribution in [0.15, 0.2) is 4.99 Å². The van der Waals surface area contributed by atoms with Crippen molar-refractivity contribution in [2.45, 2.75) is 68.0 Å².